The van der Waals surface area contributed by atoms with Crippen LogP contribution in [0.2, 0.25) is 0 Å². The smallest absolute Gasteiger partial charge is 0.0992 e. The summed E-state index contributed by atoms with van der Waals surface area (Å²) in [6, 6.07) is 0. The van der Waals surface area contributed by atoms with Crippen molar-refractivity contribution in [2.24, 2.45) is 5.16 Å². The monoisotopic (exact) mass is 265 g/mol. The van der Waals surface area contributed by atoms with E-state index in [2.05, 4.69) is 36.4 Å². The third-order valence-electron chi connectivity index (χ3n) is 3.31. The predicted molar refractivity (Wildman–Crippen MR) is 79.9 cm³/mol. The molecule has 1 aliphatic rings. The molecule has 0 heterocycles. The van der Waals surface area contributed by atoms with Crippen LogP contribution in [0.3, 0.4) is 0 Å². The van der Waals surface area contributed by atoms with Gasteiger partial charge in [0, 0.05) is 6.61 Å². The van der Waals surface area contributed by atoms with Crippen molar-refractivity contribution in [1.82, 2.24) is 0 Å². The van der Waals surface area contributed by atoms with Gasteiger partial charge in [0.05, 0.1) is 11.8 Å². The Labute approximate surface area is 117 Å². The van der Waals surface area contributed by atoms with Crippen molar-refractivity contribution in [2.45, 2.75) is 64.4 Å². The van der Waals surface area contributed by atoms with Crippen molar-refractivity contribution < 1.29 is 9.94 Å². The zero-order valence-electron chi connectivity index (χ0n) is 12.1. The van der Waals surface area contributed by atoms with Gasteiger partial charge in [0.1, 0.15) is 0 Å². The fraction of sp³-hybridized carbons (Fsp3) is 0.688. The highest BCUT2D eigenvalue weighted by atomic mass is 16.5. The molecule has 0 bridgehead atoms. The van der Waals surface area contributed by atoms with Gasteiger partial charge in [-0.15, -0.1) is 0 Å². The normalized spacial score (nSPS) is 24.1. The zero-order chi connectivity index (χ0) is 13.8. The Kier molecular flexibility index (Phi) is 9.07. The van der Waals surface area contributed by atoms with Gasteiger partial charge in [-0.1, -0.05) is 42.8 Å². The molecule has 3 nitrogen and oxygen atoms in total. The van der Waals surface area contributed by atoms with E-state index in [1.54, 1.807) is 0 Å². The van der Waals surface area contributed by atoms with E-state index in [9.17, 15) is 5.21 Å². The lowest BCUT2D eigenvalue weighted by Crippen LogP contribution is -2.25. The first-order valence-electron chi connectivity index (χ1n) is 7.51. The molecule has 1 atom stereocenters. The minimum atomic E-state index is -0.0333. The Bertz CT molecular complexity index is 308. The zero-order valence-corrected chi connectivity index (χ0v) is 12.1. The maximum absolute atomic E-state index is 9.19. The molecule has 3 heteroatoms. The summed E-state index contributed by atoms with van der Waals surface area (Å²) in [5.41, 5.74) is 0.787. The Morgan fingerprint density at radius 3 is 2.53 bits per heavy atom. The van der Waals surface area contributed by atoms with Crippen LogP contribution in [0.25, 0.3) is 0 Å². The Balaban J connectivity index is 2.58. The van der Waals surface area contributed by atoms with E-state index >= 15 is 0 Å². The van der Waals surface area contributed by atoms with Gasteiger partial charge in [-0.2, -0.15) is 0 Å². The van der Waals surface area contributed by atoms with Crippen LogP contribution in [0.4, 0.5) is 0 Å². The van der Waals surface area contributed by atoms with Crippen molar-refractivity contribution >= 4 is 5.71 Å². The summed E-state index contributed by atoms with van der Waals surface area (Å²) in [6.45, 7) is 2.90. The van der Waals surface area contributed by atoms with E-state index in [0.717, 1.165) is 63.7 Å². The highest BCUT2D eigenvalue weighted by molar-refractivity contribution is 5.88. The summed E-state index contributed by atoms with van der Waals surface area (Å²) in [4.78, 5) is 0. The molecule has 1 unspecified atom stereocenters. The van der Waals surface area contributed by atoms with Crippen molar-refractivity contribution in [3.05, 3.63) is 24.3 Å². The van der Waals surface area contributed by atoms with E-state index in [-0.39, 0.29) is 6.10 Å². The standard InChI is InChI=1S/C16H27NO2/c1-2-3-14-19-16-13-11-9-7-5-4-6-8-10-12-15(16)17-18/h6-9,16,18H,2-5,10-14H2,1H3. The largest absolute Gasteiger partial charge is 0.411 e. The Hall–Kier alpha value is -1.09. The van der Waals surface area contributed by atoms with Gasteiger partial charge in [-0.25, -0.2) is 0 Å². The molecule has 0 aromatic heterocycles. The SMILES string of the molecule is CCCCOC1CCC=CCCC=CCCC1=NO. The van der Waals surface area contributed by atoms with Crippen molar-refractivity contribution in [3.8, 4) is 0 Å². The average Bonchev–Trinajstić information content (AvgIpc) is 2.41. The first-order valence-corrected chi connectivity index (χ1v) is 7.51. The van der Waals surface area contributed by atoms with Crippen LogP contribution >= 0.6 is 0 Å². The van der Waals surface area contributed by atoms with Crippen molar-refractivity contribution in [1.29, 1.82) is 0 Å². The number of nitrogens with zero attached hydrogens (tertiary/aromatic N) is 1. The third-order valence-corrected chi connectivity index (χ3v) is 3.31. The van der Waals surface area contributed by atoms with E-state index in [0.29, 0.717) is 0 Å². The second kappa shape index (κ2) is 10.8. The number of unbranched alkanes of at least 4 members (excludes halogenated alkanes) is 1. The number of oxime groups is 1. The average molecular weight is 265 g/mol. The predicted octanol–water partition coefficient (Wildman–Crippen LogP) is 4.47. The fourth-order valence-electron chi connectivity index (χ4n) is 2.13. The molecule has 1 aliphatic carbocycles. The van der Waals surface area contributed by atoms with Crippen LogP contribution < -0.4 is 0 Å². The van der Waals surface area contributed by atoms with E-state index in [4.69, 9.17) is 4.74 Å². The van der Waals surface area contributed by atoms with Crippen molar-refractivity contribution in [3.63, 3.8) is 0 Å². The maximum atomic E-state index is 9.19. The molecule has 19 heavy (non-hydrogen) atoms. The summed E-state index contributed by atoms with van der Waals surface area (Å²) < 4.78 is 5.88. The lowest BCUT2D eigenvalue weighted by atomic mass is 10.0. The molecule has 0 amide bonds. The molecule has 0 radical (unpaired) electrons. The molecule has 0 aliphatic heterocycles. The molecule has 1 rings (SSSR count). The second-order valence-corrected chi connectivity index (χ2v) is 4.94. The van der Waals surface area contributed by atoms with Crippen LogP contribution in [0, 0.1) is 0 Å². The van der Waals surface area contributed by atoms with Crippen LogP contribution in [0.15, 0.2) is 29.5 Å². The minimum Gasteiger partial charge on any atom is -0.411 e. The highest BCUT2D eigenvalue weighted by Gasteiger charge is 2.16. The summed E-state index contributed by atoms with van der Waals surface area (Å²) in [6.07, 6.45) is 16.8. The highest BCUT2D eigenvalue weighted by Crippen LogP contribution is 2.13. The molecule has 1 N–H and O–H groups in total. The summed E-state index contributed by atoms with van der Waals surface area (Å²) in [7, 11) is 0. The third kappa shape index (κ3) is 7.16. The summed E-state index contributed by atoms with van der Waals surface area (Å²) in [5.74, 6) is 0. The molecular formula is C16H27NO2. The van der Waals surface area contributed by atoms with Gasteiger partial charge < -0.3 is 9.94 Å². The van der Waals surface area contributed by atoms with Gasteiger partial charge >= 0.3 is 0 Å². The molecule has 0 saturated carbocycles. The minimum absolute atomic E-state index is 0.0333. The number of allylic oxidation sites excluding steroid dienone is 4. The number of ether oxygens (including phenoxy) is 1. The van der Waals surface area contributed by atoms with Crippen LogP contribution in [0.5, 0.6) is 0 Å². The second-order valence-electron chi connectivity index (χ2n) is 4.94. The Morgan fingerprint density at radius 1 is 1.16 bits per heavy atom. The van der Waals surface area contributed by atoms with Crippen LogP contribution in [0.1, 0.15) is 58.3 Å². The Morgan fingerprint density at radius 2 is 1.84 bits per heavy atom. The number of rotatable bonds is 4. The summed E-state index contributed by atoms with van der Waals surface area (Å²) in [5, 5.41) is 12.7. The first-order chi connectivity index (χ1) is 9.38. The maximum Gasteiger partial charge on any atom is 0.0992 e. The van der Waals surface area contributed by atoms with Crippen molar-refractivity contribution in [2.75, 3.05) is 6.61 Å². The van der Waals surface area contributed by atoms with E-state index in [1.807, 2.05) is 0 Å². The van der Waals surface area contributed by atoms with Gasteiger partial charge in [0.25, 0.3) is 0 Å². The summed E-state index contributed by atoms with van der Waals surface area (Å²) >= 11 is 0. The van der Waals surface area contributed by atoms with Gasteiger partial charge in [-0.05, 0) is 44.9 Å². The number of hydrogen-bond donors (Lipinski definition) is 1. The van der Waals surface area contributed by atoms with Crippen LogP contribution in [-0.4, -0.2) is 23.6 Å². The van der Waals surface area contributed by atoms with Gasteiger partial charge in [0.15, 0.2) is 0 Å². The van der Waals surface area contributed by atoms with E-state index in [1.165, 1.54) is 0 Å². The van der Waals surface area contributed by atoms with Gasteiger partial charge in [-0.3, -0.25) is 0 Å². The molecule has 108 valence electrons. The lowest BCUT2D eigenvalue weighted by molar-refractivity contribution is 0.0864. The molecular weight excluding hydrogens is 238 g/mol. The fourth-order valence-corrected chi connectivity index (χ4v) is 2.13. The number of hydrogen-bond acceptors (Lipinski definition) is 3. The molecule has 0 aromatic carbocycles. The van der Waals surface area contributed by atoms with Crippen LogP contribution in [-0.2, 0) is 4.74 Å². The topological polar surface area (TPSA) is 41.8 Å². The first kappa shape index (κ1) is 16.0. The lowest BCUT2D eigenvalue weighted by Gasteiger charge is -2.18. The van der Waals surface area contributed by atoms with Gasteiger partial charge in [0.2, 0.25) is 0 Å². The quantitative estimate of drug-likeness (QED) is 0.353. The molecule has 0 aromatic rings. The van der Waals surface area contributed by atoms with E-state index < -0.39 is 0 Å². The molecule has 0 saturated heterocycles. The molecule has 0 fully saturated rings. The molecule has 0 spiro atoms.